The molecule has 2 N–H and O–H groups in total. The van der Waals surface area contributed by atoms with Gasteiger partial charge in [0.1, 0.15) is 41.3 Å². The Bertz CT molecular complexity index is 2470. The maximum atomic E-state index is 14.0. The van der Waals surface area contributed by atoms with E-state index in [1.165, 1.54) is 10.9 Å². The van der Waals surface area contributed by atoms with Crippen LogP contribution in [0.1, 0.15) is 73.8 Å². The molecule has 0 aliphatic carbocycles. The van der Waals surface area contributed by atoms with E-state index >= 15 is 0 Å². The van der Waals surface area contributed by atoms with Crippen molar-refractivity contribution >= 4 is 31.4 Å². The average Bonchev–Trinajstić information content (AvgIpc) is 3.86. The first-order valence-corrected chi connectivity index (χ1v) is 21.9. The number of nitrogens with zero attached hydrogens (tertiary/aromatic N) is 5. The second kappa shape index (κ2) is 20.5. The molecular formula is C47H52N7O8P. The van der Waals surface area contributed by atoms with Crippen LogP contribution in [0.25, 0.3) is 11.2 Å². The molecule has 7 rings (SSSR count). The van der Waals surface area contributed by atoms with Crippen molar-refractivity contribution in [3.63, 3.8) is 0 Å². The molecule has 4 unspecified atom stereocenters. The SMILES string of the molecule is COc1ccc(C(OCC2OC(n3c(=O)[nH]c4c(NC(=O)c5ccccc5)ncnc43)CC2OP(OCCC#N)N(C(C)C)C(C)C)(c2ccccc2)c2ccc(OC)cc2)cc1. The predicted octanol–water partition coefficient (Wildman–Crippen LogP) is 8.35. The fourth-order valence-electron chi connectivity index (χ4n) is 7.88. The number of amides is 1. The number of carbonyl (C=O) groups excluding carboxylic acids is 1. The second-order valence-corrected chi connectivity index (χ2v) is 16.8. The van der Waals surface area contributed by atoms with Crippen LogP contribution in [0.15, 0.2) is 120 Å². The van der Waals surface area contributed by atoms with Gasteiger partial charge in [-0.25, -0.2) is 24.0 Å². The molecule has 0 radical (unpaired) electrons. The molecular weight excluding hydrogens is 822 g/mol. The third-order valence-electron chi connectivity index (χ3n) is 10.8. The highest BCUT2D eigenvalue weighted by atomic mass is 31.2. The summed E-state index contributed by atoms with van der Waals surface area (Å²) >= 11 is 0. The highest BCUT2D eigenvalue weighted by molar-refractivity contribution is 7.44. The molecule has 1 aliphatic rings. The van der Waals surface area contributed by atoms with Crippen molar-refractivity contribution in [3.8, 4) is 17.6 Å². The van der Waals surface area contributed by atoms with Crippen molar-refractivity contribution in [1.82, 2.24) is 24.2 Å². The van der Waals surface area contributed by atoms with E-state index in [9.17, 15) is 14.9 Å². The molecule has 0 spiro atoms. The van der Waals surface area contributed by atoms with Crippen LogP contribution in [-0.4, -0.2) is 81.8 Å². The zero-order chi connectivity index (χ0) is 44.5. The fraction of sp³-hybridized carbons (Fsp3) is 0.340. The molecule has 2 aromatic heterocycles. The van der Waals surface area contributed by atoms with Gasteiger partial charge in [-0.1, -0.05) is 72.8 Å². The molecule has 6 aromatic rings. The van der Waals surface area contributed by atoms with Crippen molar-refractivity contribution in [3.05, 3.63) is 148 Å². The lowest BCUT2D eigenvalue weighted by molar-refractivity contribution is -0.0916. The first-order valence-electron chi connectivity index (χ1n) is 20.8. The van der Waals surface area contributed by atoms with Gasteiger partial charge in [-0.3, -0.25) is 4.79 Å². The lowest BCUT2D eigenvalue weighted by Crippen LogP contribution is -2.39. The third kappa shape index (κ3) is 9.82. The molecule has 0 saturated carbocycles. The van der Waals surface area contributed by atoms with Crippen molar-refractivity contribution in [2.45, 2.75) is 76.7 Å². The summed E-state index contributed by atoms with van der Waals surface area (Å²) in [6.07, 6.45) is -0.674. The van der Waals surface area contributed by atoms with E-state index in [-0.39, 0.29) is 55.1 Å². The summed E-state index contributed by atoms with van der Waals surface area (Å²) in [6, 6.07) is 36.4. The lowest BCUT2D eigenvalue weighted by atomic mass is 9.80. The highest BCUT2D eigenvalue weighted by Gasteiger charge is 2.45. The number of nitriles is 1. The largest absolute Gasteiger partial charge is 0.497 e. The molecule has 4 aromatic carbocycles. The van der Waals surface area contributed by atoms with Crippen molar-refractivity contribution in [1.29, 1.82) is 5.26 Å². The fourth-order valence-corrected chi connectivity index (χ4v) is 9.64. The first kappa shape index (κ1) is 45.1. The summed E-state index contributed by atoms with van der Waals surface area (Å²) in [6.45, 7) is 8.43. The number of methoxy groups -OCH3 is 2. The predicted molar refractivity (Wildman–Crippen MR) is 239 cm³/mol. The number of imidazole rings is 1. The zero-order valence-electron chi connectivity index (χ0n) is 36.1. The van der Waals surface area contributed by atoms with Crippen LogP contribution < -0.4 is 20.5 Å². The smallest absolute Gasteiger partial charge is 0.329 e. The summed E-state index contributed by atoms with van der Waals surface area (Å²) in [5.41, 5.74) is 1.71. The molecule has 1 saturated heterocycles. The summed E-state index contributed by atoms with van der Waals surface area (Å²) < 4.78 is 42.3. The van der Waals surface area contributed by atoms with Gasteiger partial charge in [0.05, 0.1) is 46.0 Å². The van der Waals surface area contributed by atoms with E-state index < -0.39 is 44.2 Å². The standard InChI is InChI=1S/C47H52N7O8P/c1-31(2)54(32(3)4)63(60-27-13-26-48)62-39-28-41(53-44-42(51-46(53)56)43(49-30-50-44)52-45(55)33-14-9-7-10-15-33)61-40(39)29-59-47(34-16-11-8-12-17-34,35-18-22-37(57-5)23-19-35)36-20-24-38(58-6)25-21-36/h7-12,14-25,30-32,39-41H,13,27-29H2,1-6H3,(H,51,56)(H,49,50,52,55). The molecule has 3 heterocycles. The van der Waals surface area contributed by atoms with Crippen LogP contribution in [0.2, 0.25) is 0 Å². The number of hydrogen-bond donors (Lipinski definition) is 2. The van der Waals surface area contributed by atoms with Gasteiger partial charge in [-0.05, 0) is 80.8 Å². The summed E-state index contributed by atoms with van der Waals surface area (Å²) in [4.78, 5) is 38.9. The Morgan fingerprint density at radius 1 is 0.905 bits per heavy atom. The van der Waals surface area contributed by atoms with Gasteiger partial charge < -0.3 is 38.3 Å². The minimum Gasteiger partial charge on any atom is -0.497 e. The van der Waals surface area contributed by atoms with Crippen molar-refractivity contribution in [2.75, 3.05) is 32.8 Å². The van der Waals surface area contributed by atoms with Gasteiger partial charge in [0.2, 0.25) is 0 Å². The van der Waals surface area contributed by atoms with Crippen LogP contribution in [0.5, 0.6) is 11.5 Å². The Hall–Kier alpha value is -5.98. The Balaban J connectivity index is 1.31. The van der Waals surface area contributed by atoms with Gasteiger partial charge in [0, 0.05) is 24.1 Å². The van der Waals surface area contributed by atoms with Crippen LogP contribution in [0, 0.1) is 11.3 Å². The van der Waals surface area contributed by atoms with Gasteiger partial charge in [-0.15, -0.1) is 0 Å². The molecule has 0 bridgehead atoms. The van der Waals surface area contributed by atoms with E-state index in [1.54, 1.807) is 38.5 Å². The highest BCUT2D eigenvalue weighted by Crippen LogP contribution is 2.51. The monoisotopic (exact) mass is 873 g/mol. The van der Waals surface area contributed by atoms with Crippen LogP contribution >= 0.6 is 8.53 Å². The number of ether oxygens (including phenoxy) is 4. The molecule has 4 atom stereocenters. The molecule has 328 valence electrons. The van der Waals surface area contributed by atoms with Gasteiger partial charge in [0.25, 0.3) is 14.4 Å². The number of hydrogen-bond acceptors (Lipinski definition) is 12. The van der Waals surface area contributed by atoms with Crippen LogP contribution in [0.3, 0.4) is 0 Å². The van der Waals surface area contributed by atoms with E-state index in [2.05, 4.69) is 58.7 Å². The number of aromatic nitrogens is 4. The molecule has 1 fully saturated rings. The summed E-state index contributed by atoms with van der Waals surface area (Å²) in [5, 5.41) is 12.2. The number of aromatic amines is 1. The average molecular weight is 874 g/mol. The number of benzene rings is 4. The topological polar surface area (TPSA) is 175 Å². The van der Waals surface area contributed by atoms with E-state index in [0.29, 0.717) is 17.1 Å². The van der Waals surface area contributed by atoms with E-state index in [0.717, 1.165) is 16.7 Å². The van der Waals surface area contributed by atoms with Gasteiger partial charge >= 0.3 is 5.69 Å². The summed E-state index contributed by atoms with van der Waals surface area (Å²) in [5.74, 6) is 1.12. The second-order valence-electron chi connectivity index (χ2n) is 15.4. The first-order chi connectivity index (χ1) is 30.6. The summed E-state index contributed by atoms with van der Waals surface area (Å²) in [7, 11) is 1.51. The molecule has 15 nitrogen and oxygen atoms in total. The normalized spacial score (nSPS) is 17.0. The number of rotatable bonds is 19. The van der Waals surface area contributed by atoms with Crippen molar-refractivity contribution < 1.29 is 32.8 Å². The Morgan fingerprint density at radius 2 is 1.49 bits per heavy atom. The maximum absolute atomic E-state index is 14.0. The van der Waals surface area contributed by atoms with Gasteiger partial charge in [0.15, 0.2) is 11.5 Å². The Morgan fingerprint density at radius 3 is 2.06 bits per heavy atom. The van der Waals surface area contributed by atoms with Crippen LogP contribution in [0.4, 0.5) is 5.82 Å². The van der Waals surface area contributed by atoms with Crippen molar-refractivity contribution in [2.24, 2.45) is 0 Å². The zero-order valence-corrected chi connectivity index (χ0v) is 37.0. The van der Waals surface area contributed by atoms with Crippen LogP contribution in [-0.2, 0) is 24.1 Å². The lowest BCUT2D eigenvalue weighted by Gasteiger charge is -2.39. The number of anilines is 1. The molecule has 16 heteroatoms. The van der Waals surface area contributed by atoms with E-state index in [1.807, 2.05) is 84.9 Å². The number of nitrogens with one attached hydrogen (secondary N) is 2. The minimum absolute atomic E-state index is 0.0106. The number of H-pyrrole nitrogens is 1. The molecule has 63 heavy (non-hydrogen) atoms. The number of carbonyl (C=O) groups is 1. The van der Waals surface area contributed by atoms with Gasteiger partial charge in [-0.2, -0.15) is 5.26 Å². The molecule has 1 amide bonds. The Kier molecular flexibility index (Phi) is 14.6. The van der Waals surface area contributed by atoms with E-state index in [4.69, 9.17) is 28.0 Å². The molecule has 1 aliphatic heterocycles. The maximum Gasteiger partial charge on any atom is 0.329 e. The third-order valence-corrected chi connectivity index (χ3v) is 12.9. The quantitative estimate of drug-likeness (QED) is 0.0453. The Labute approximate surface area is 367 Å². The number of fused-ring (bicyclic) bond motifs is 1. The minimum atomic E-state index is -1.74.